The maximum atomic E-state index is 10.9. The second-order valence-electron chi connectivity index (χ2n) is 4.68. The summed E-state index contributed by atoms with van der Waals surface area (Å²) in [5, 5.41) is 8.01. The van der Waals surface area contributed by atoms with Gasteiger partial charge in [-0.15, -0.1) is 4.91 Å². The van der Waals surface area contributed by atoms with Crippen molar-refractivity contribution in [1.82, 2.24) is 0 Å². The van der Waals surface area contributed by atoms with E-state index < -0.39 is 0 Å². The summed E-state index contributed by atoms with van der Waals surface area (Å²) in [4.78, 5) is 10.9. The third-order valence-electron chi connectivity index (χ3n) is 3.25. The zero-order valence-corrected chi connectivity index (χ0v) is 11.7. The molecule has 0 aliphatic rings. The molecule has 0 spiro atoms. The van der Waals surface area contributed by atoms with Crippen LogP contribution in [0.1, 0.15) is 40.5 Å². The van der Waals surface area contributed by atoms with Crippen molar-refractivity contribution in [2.45, 2.75) is 52.6 Å². The van der Waals surface area contributed by atoms with Gasteiger partial charge in [-0.1, -0.05) is 13.8 Å². The Morgan fingerprint density at radius 3 is 2.22 bits per heavy atom. The van der Waals surface area contributed by atoms with Crippen LogP contribution in [0.15, 0.2) is 29.6 Å². The Balaban J connectivity index is 2.77. The molecule has 0 radical (unpaired) electrons. The third-order valence-corrected chi connectivity index (χ3v) is 3.25. The molecule has 2 unspecified atom stereocenters. The molecule has 0 amide bonds. The van der Waals surface area contributed by atoms with E-state index in [0.29, 0.717) is 6.04 Å². The Morgan fingerprint density at radius 1 is 1.17 bits per heavy atom. The van der Waals surface area contributed by atoms with Gasteiger partial charge in [0.05, 0.1) is 17.0 Å². The summed E-state index contributed by atoms with van der Waals surface area (Å²) in [6.07, 6.45) is 1.97. The quantitative estimate of drug-likeness (QED) is 0.582. The van der Waals surface area contributed by atoms with Crippen LogP contribution in [0.5, 0.6) is 0 Å². The minimum absolute atomic E-state index is 0.121. The Kier molecular flexibility index (Phi) is 5.62. The Hall–Kier alpha value is -1.58. The van der Waals surface area contributed by atoms with Gasteiger partial charge in [-0.25, -0.2) is 5.01 Å². The minimum Gasteiger partial charge on any atom is -0.383 e. The van der Waals surface area contributed by atoms with Crippen LogP contribution in [0.3, 0.4) is 0 Å². The largest absolute Gasteiger partial charge is 0.383 e. The van der Waals surface area contributed by atoms with E-state index >= 15 is 0 Å². The Labute approximate surface area is 109 Å². The number of nitrogens with zero attached hydrogens (tertiary/aromatic N) is 2. The molecule has 18 heavy (non-hydrogen) atoms. The van der Waals surface area contributed by atoms with Crippen molar-refractivity contribution in [1.29, 1.82) is 0 Å². The van der Waals surface area contributed by atoms with Crippen LogP contribution in [-0.2, 0) is 0 Å². The van der Waals surface area contributed by atoms with Gasteiger partial charge in [0.15, 0.2) is 0 Å². The van der Waals surface area contributed by atoms with Crippen LogP contribution in [-0.4, -0.2) is 12.1 Å². The number of nitrogens with one attached hydrogen (secondary N) is 1. The average Bonchev–Trinajstić information content (AvgIpc) is 2.41. The number of hydrogen-bond donors (Lipinski definition) is 1. The molecule has 1 aromatic carbocycles. The first-order chi connectivity index (χ1) is 8.62. The van der Waals surface area contributed by atoms with Crippen LogP contribution in [0.25, 0.3) is 0 Å². The van der Waals surface area contributed by atoms with Crippen molar-refractivity contribution >= 4 is 11.4 Å². The predicted octanol–water partition coefficient (Wildman–Crippen LogP) is 4.18. The van der Waals surface area contributed by atoms with E-state index in [1.807, 2.05) is 38.1 Å². The van der Waals surface area contributed by atoms with Crippen molar-refractivity contribution in [2.75, 3.05) is 10.3 Å². The summed E-state index contributed by atoms with van der Waals surface area (Å²) >= 11 is 0. The van der Waals surface area contributed by atoms with Gasteiger partial charge < -0.3 is 5.32 Å². The fraction of sp³-hybridized carbons (Fsp3) is 0.571. The zero-order chi connectivity index (χ0) is 13.5. The fourth-order valence-corrected chi connectivity index (χ4v) is 1.65. The third kappa shape index (κ3) is 3.72. The highest BCUT2D eigenvalue weighted by Crippen LogP contribution is 2.22. The number of rotatable bonds is 7. The molecule has 0 saturated heterocycles. The van der Waals surface area contributed by atoms with Gasteiger partial charge in [-0.3, -0.25) is 0 Å². The van der Waals surface area contributed by atoms with Gasteiger partial charge in [0, 0.05) is 11.7 Å². The average molecular weight is 249 g/mol. The topological polar surface area (TPSA) is 44.7 Å². The van der Waals surface area contributed by atoms with Gasteiger partial charge in [0.25, 0.3) is 0 Å². The molecule has 0 aliphatic carbocycles. The van der Waals surface area contributed by atoms with E-state index in [1.54, 1.807) is 0 Å². The van der Waals surface area contributed by atoms with Crippen LogP contribution < -0.4 is 10.3 Å². The molecule has 4 heteroatoms. The number of hydrogen-bond acceptors (Lipinski definition) is 3. The van der Waals surface area contributed by atoms with Gasteiger partial charge >= 0.3 is 0 Å². The summed E-state index contributed by atoms with van der Waals surface area (Å²) in [5.74, 6) is 0. The molecule has 1 N–H and O–H groups in total. The van der Waals surface area contributed by atoms with Crippen molar-refractivity contribution in [2.24, 2.45) is 5.29 Å². The van der Waals surface area contributed by atoms with E-state index in [9.17, 15) is 4.91 Å². The monoisotopic (exact) mass is 249 g/mol. The second kappa shape index (κ2) is 6.99. The van der Waals surface area contributed by atoms with Crippen molar-refractivity contribution < 1.29 is 0 Å². The van der Waals surface area contributed by atoms with Gasteiger partial charge in [0.1, 0.15) is 0 Å². The lowest BCUT2D eigenvalue weighted by Gasteiger charge is -2.22. The molecule has 0 fully saturated rings. The summed E-state index contributed by atoms with van der Waals surface area (Å²) in [6.45, 7) is 8.33. The molecule has 1 aromatic rings. The van der Waals surface area contributed by atoms with Crippen molar-refractivity contribution in [3.8, 4) is 0 Å². The van der Waals surface area contributed by atoms with Gasteiger partial charge in [-0.2, -0.15) is 0 Å². The molecule has 100 valence electrons. The van der Waals surface area contributed by atoms with E-state index in [-0.39, 0.29) is 6.04 Å². The van der Waals surface area contributed by atoms with Gasteiger partial charge in [-0.05, 0) is 51.0 Å². The number of anilines is 2. The predicted molar refractivity (Wildman–Crippen MR) is 77.8 cm³/mol. The smallest absolute Gasteiger partial charge is 0.0630 e. The molecule has 0 bridgehead atoms. The van der Waals surface area contributed by atoms with Crippen LogP contribution in [0.4, 0.5) is 11.4 Å². The molecule has 1 rings (SSSR count). The maximum Gasteiger partial charge on any atom is 0.0630 e. The lowest BCUT2D eigenvalue weighted by molar-refractivity contribution is 0.632. The highest BCUT2D eigenvalue weighted by atomic mass is 16.3. The van der Waals surface area contributed by atoms with Gasteiger partial charge in [0.2, 0.25) is 0 Å². The highest BCUT2D eigenvalue weighted by molar-refractivity contribution is 5.55. The lowest BCUT2D eigenvalue weighted by Crippen LogP contribution is -2.26. The first-order valence-electron chi connectivity index (χ1n) is 6.61. The minimum atomic E-state index is 0.121. The molecule has 0 aromatic heterocycles. The summed E-state index contributed by atoms with van der Waals surface area (Å²) in [6, 6.07) is 8.40. The SMILES string of the molecule is CCC(C)Nc1ccc(N(N=O)C(C)CC)cc1. The number of benzene rings is 1. The first-order valence-corrected chi connectivity index (χ1v) is 6.61. The normalized spacial score (nSPS) is 13.8. The van der Waals surface area contributed by atoms with E-state index in [1.165, 1.54) is 5.01 Å². The Morgan fingerprint density at radius 2 is 1.78 bits per heavy atom. The van der Waals surface area contributed by atoms with E-state index in [2.05, 4.69) is 24.5 Å². The lowest BCUT2D eigenvalue weighted by atomic mass is 10.2. The molecular weight excluding hydrogens is 226 g/mol. The standard InChI is InChI=1S/C14H23N3O/c1-5-11(3)15-13-7-9-14(10-8-13)17(16-18)12(4)6-2/h7-12,15H,5-6H2,1-4H3. The van der Waals surface area contributed by atoms with Crippen LogP contribution in [0.2, 0.25) is 0 Å². The molecule has 2 atom stereocenters. The number of nitroso groups, excluding NO2 is 1. The molecule has 4 nitrogen and oxygen atoms in total. The van der Waals surface area contributed by atoms with Crippen LogP contribution >= 0.6 is 0 Å². The summed E-state index contributed by atoms with van der Waals surface area (Å²) in [5.41, 5.74) is 1.91. The van der Waals surface area contributed by atoms with Crippen LogP contribution in [0, 0.1) is 4.91 Å². The maximum absolute atomic E-state index is 10.9. The second-order valence-corrected chi connectivity index (χ2v) is 4.68. The fourth-order valence-electron chi connectivity index (χ4n) is 1.65. The molecular formula is C14H23N3O. The summed E-state index contributed by atoms with van der Waals surface area (Å²) in [7, 11) is 0. The van der Waals surface area contributed by atoms with Crippen molar-refractivity contribution in [3.63, 3.8) is 0 Å². The Bertz CT molecular complexity index is 364. The van der Waals surface area contributed by atoms with Crippen molar-refractivity contribution in [3.05, 3.63) is 29.2 Å². The van der Waals surface area contributed by atoms with E-state index in [0.717, 1.165) is 24.2 Å². The highest BCUT2D eigenvalue weighted by Gasteiger charge is 2.13. The molecule has 0 saturated carbocycles. The molecule has 0 heterocycles. The summed E-state index contributed by atoms with van der Waals surface area (Å²) < 4.78 is 0. The zero-order valence-electron chi connectivity index (χ0n) is 11.7. The molecule has 0 aliphatic heterocycles. The first kappa shape index (κ1) is 14.5. The van der Waals surface area contributed by atoms with E-state index in [4.69, 9.17) is 0 Å².